The van der Waals surface area contributed by atoms with Crippen LogP contribution in [0.4, 0.5) is 4.39 Å². The summed E-state index contributed by atoms with van der Waals surface area (Å²) < 4.78 is 18.2. The summed E-state index contributed by atoms with van der Waals surface area (Å²) in [5.41, 5.74) is 0.594. The Hall–Kier alpha value is -1.62. The molecule has 1 heterocycles. The van der Waals surface area contributed by atoms with E-state index in [2.05, 4.69) is 0 Å². The third-order valence-electron chi connectivity index (χ3n) is 2.66. The number of carboxylic acids is 1. The normalized spacial score (nSPS) is 23.4. The molecule has 0 amide bonds. The molecule has 0 saturated heterocycles. The fourth-order valence-corrected chi connectivity index (χ4v) is 1.86. The lowest BCUT2D eigenvalue weighted by molar-refractivity contribution is -0.149. The van der Waals surface area contributed by atoms with E-state index in [4.69, 9.17) is 14.9 Å². The Morgan fingerprint density at radius 3 is 2.94 bits per heavy atom. The van der Waals surface area contributed by atoms with Gasteiger partial charge in [-0.25, -0.2) is 9.18 Å². The van der Waals surface area contributed by atoms with Crippen molar-refractivity contribution in [2.24, 2.45) is 5.92 Å². The third kappa shape index (κ3) is 1.86. The van der Waals surface area contributed by atoms with Crippen LogP contribution in [0.15, 0.2) is 18.2 Å². The molecular weight excluding hydrogens is 215 g/mol. The van der Waals surface area contributed by atoms with E-state index < -0.39 is 23.8 Å². The molecule has 86 valence electrons. The first-order valence-electron chi connectivity index (χ1n) is 4.90. The van der Waals surface area contributed by atoms with Crippen LogP contribution in [0.1, 0.15) is 5.56 Å². The van der Waals surface area contributed by atoms with E-state index in [9.17, 15) is 9.18 Å². The van der Waals surface area contributed by atoms with E-state index in [0.29, 0.717) is 17.7 Å². The molecule has 1 aromatic rings. The van der Waals surface area contributed by atoms with Gasteiger partial charge in [-0.2, -0.15) is 0 Å². The van der Waals surface area contributed by atoms with Crippen molar-refractivity contribution in [3.8, 4) is 5.75 Å². The first-order chi connectivity index (χ1) is 7.61. The summed E-state index contributed by atoms with van der Waals surface area (Å²) in [6, 6.07) is 3.93. The van der Waals surface area contributed by atoms with Crippen molar-refractivity contribution in [1.29, 1.82) is 0 Å². The predicted molar refractivity (Wildman–Crippen MR) is 52.7 cm³/mol. The Kier molecular flexibility index (Phi) is 2.78. The summed E-state index contributed by atoms with van der Waals surface area (Å²) in [5.74, 6) is -1.67. The van der Waals surface area contributed by atoms with Crippen LogP contribution in [0.25, 0.3) is 0 Å². The van der Waals surface area contributed by atoms with Crippen LogP contribution in [0.5, 0.6) is 5.75 Å². The molecule has 4 nitrogen and oxygen atoms in total. The molecule has 0 aromatic heterocycles. The Morgan fingerprint density at radius 2 is 2.31 bits per heavy atom. The molecular formula is C11H11FO4. The number of aliphatic hydroxyl groups is 1. The maximum absolute atomic E-state index is 12.9. The van der Waals surface area contributed by atoms with Crippen molar-refractivity contribution in [1.82, 2.24) is 0 Å². The highest BCUT2D eigenvalue weighted by Gasteiger charge is 2.34. The van der Waals surface area contributed by atoms with Gasteiger partial charge in [-0.15, -0.1) is 0 Å². The van der Waals surface area contributed by atoms with Gasteiger partial charge in [-0.3, -0.25) is 0 Å². The van der Waals surface area contributed by atoms with Crippen molar-refractivity contribution < 1.29 is 24.1 Å². The molecule has 0 spiro atoms. The van der Waals surface area contributed by atoms with Gasteiger partial charge in [0.2, 0.25) is 6.10 Å². The van der Waals surface area contributed by atoms with Gasteiger partial charge in [-0.1, -0.05) is 0 Å². The van der Waals surface area contributed by atoms with Gasteiger partial charge in [-0.05, 0) is 30.2 Å². The number of rotatable bonds is 2. The van der Waals surface area contributed by atoms with Gasteiger partial charge in [0, 0.05) is 5.92 Å². The smallest absolute Gasteiger partial charge is 0.345 e. The highest BCUT2D eigenvalue weighted by molar-refractivity contribution is 5.74. The quantitative estimate of drug-likeness (QED) is 0.783. The second-order valence-electron chi connectivity index (χ2n) is 3.78. The molecule has 1 aromatic carbocycles. The van der Waals surface area contributed by atoms with E-state index >= 15 is 0 Å². The summed E-state index contributed by atoms with van der Waals surface area (Å²) in [6.45, 7) is -0.299. The second-order valence-corrected chi connectivity index (χ2v) is 3.78. The summed E-state index contributed by atoms with van der Waals surface area (Å²) >= 11 is 0. The minimum atomic E-state index is -1.12. The molecule has 0 bridgehead atoms. The molecule has 1 aliphatic rings. The van der Waals surface area contributed by atoms with Crippen molar-refractivity contribution >= 4 is 5.97 Å². The standard InChI is InChI=1S/C11H11FO4/c12-8-1-2-9-6(4-8)3-7(5-13)10(16-9)11(14)15/h1-2,4,7,10,13H,3,5H2,(H,14,15). The van der Waals surface area contributed by atoms with Crippen molar-refractivity contribution in [3.63, 3.8) is 0 Å². The molecule has 0 radical (unpaired) electrons. The molecule has 2 atom stereocenters. The van der Waals surface area contributed by atoms with E-state index in [-0.39, 0.29) is 6.61 Å². The number of hydrogen-bond donors (Lipinski definition) is 2. The zero-order valence-electron chi connectivity index (χ0n) is 8.39. The maximum atomic E-state index is 12.9. The van der Waals surface area contributed by atoms with Crippen LogP contribution in [-0.4, -0.2) is 28.9 Å². The number of ether oxygens (including phenoxy) is 1. The van der Waals surface area contributed by atoms with Crippen LogP contribution in [0, 0.1) is 11.7 Å². The van der Waals surface area contributed by atoms with Crippen LogP contribution in [0.2, 0.25) is 0 Å². The number of benzene rings is 1. The summed E-state index contributed by atoms with van der Waals surface area (Å²) in [7, 11) is 0. The lowest BCUT2D eigenvalue weighted by Gasteiger charge is -2.29. The maximum Gasteiger partial charge on any atom is 0.345 e. The van der Waals surface area contributed by atoms with Gasteiger partial charge < -0.3 is 14.9 Å². The van der Waals surface area contributed by atoms with E-state index in [0.717, 1.165) is 0 Å². The number of aliphatic hydroxyl groups excluding tert-OH is 1. The monoisotopic (exact) mass is 226 g/mol. The zero-order valence-corrected chi connectivity index (χ0v) is 8.39. The number of hydrogen-bond acceptors (Lipinski definition) is 3. The van der Waals surface area contributed by atoms with Crippen LogP contribution < -0.4 is 4.74 Å². The third-order valence-corrected chi connectivity index (χ3v) is 2.66. The van der Waals surface area contributed by atoms with Gasteiger partial charge in [0.1, 0.15) is 11.6 Å². The predicted octanol–water partition coefficient (Wildman–Crippen LogP) is 0.822. The molecule has 2 unspecified atom stereocenters. The van der Waals surface area contributed by atoms with Gasteiger partial charge in [0.25, 0.3) is 0 Å². The SMILES string of the molecule is O=C(O)C1Oc2ccc(F)cc2CC1CO. The number of fused-ring (bicyclic) bond motifs is 1. The lowest BCUT2D eigenvalue weighted by Crippen LogP contribution is -2.41. The average Bonchev–Trinajstić information content (AvgIpc) is 2.26. The molecule has 0 aliphatic carbocycles. The second kappa shape index (κ2) is 4.09. The molecule has 2 N–H and O–H groups in total. The first kappa shape index (κ1) is 10.9. The summed E-state index contributed by atoms with van der Waals surface area (Å²) in [5, 5.41) is 18.0. The minimum Gasteiger partial charge on any atom is -0.478 e. The van der Waals surface area contributed by atoms with Crippen molar-refractivity contribution in [2.75, 3.05) is 6.61 Å². The first-order valence-corrected chi connectivity index (χ1v) is 4.90. The summed E-state index contributed by atoms with van der Waals surface area (Å²) in [6.07, 6.45) is -0.761. The van der Waals surface area contributed by atoms with E-state index in [1.807, 2.05) is 0 Å². The molecule has 5 heteroatoms. The highest BCUT2D eigenvalue weighted by atomic mass is 19.1. The Morgan fingerprint density at radius 1 is 1.56 bits per heavy atom. The van der Waals surface area contributed by atoms with E-state index in [1.54, 1.807) is 0 Å². The highest BCUT2D eigenvalue weighted by Crippen LogP contribution is 2.31. The number of halogens is 1. The average molecular weight is 226 g/mol. The Balaban J connectivity index is 2.33. The van der Waals surface area contributed by atoms with Gasteiger partial charge >= 0.3 is 5.97 Å². The number of carbonyl (C=O) groups is 1. The zero-order chi connectivity index (χ0) is 11.7. The van der Waals surface area contributed by atoms with E-state index in [1.165, 1.54) is 18.2 Å². The molecule has 1 aliphatic heterocycles. The largest absolute Gasteiger partial charge is 0.478 e. The van der Waals surface area contributed by atoms with Crippen LogP contribution in [0.3, 0.4) is 0 Å². The van der Waals surface area contributed by atoms with Gasteiger partial charge in [0.05, 0.1) is 6.61 Å². The molecule has 0 fully saturated rings. The summed E-state index contributed by atoms with van der Waals surface area (Å²) in [4.78, 5) is 10.9. The fourth-order valence-electron chi connectivity index (χ4n) is 1.86. The molecule has 2 rings (SSSR count). The van der Waals surface area contributed by atoms with Gasteiger partial charge in [0.15, 0.2) is 0 Å². The van der Waals surface area contributed by atoms with Crippen molar-refractivity contribution in [3.05, 3.63) is 29.6 Å². The Labute approximate surface area is 91.3 Å². The van der Waals surface area contributed by atoms with Crippen LogP contribution in [-0.2, 0) is 11.2 Å². The van der Waals surface area contributed by atoms with Crippen molar-refractivity contribution in [2.45, 2.75) is 12.5 Å². The lowest BCUT2D eigenvalue weighted by atomic mass is 9.91. The Bertz CT molecular complexity index is 418. The number of aliphatic carboxylic acids is 1. The number of carboxylic acid groups (broad SMARTS) is 1. The molecule has 0 saturated carbocycles. The molecule has 16 heavy (non-hydrogen) atoms. The topological polar surface area (TPSA) is 66.8 Å². The fraction of sp³-hybridized carbons (Fsp3) is 0.364. The minimum absolute atomic E-state index is 0.299. The van der Waals surface area contributed by atoms with Crippen LogP contribution >= 0.6 is 0 Å².